The molecule has 0 radical (unpaired) electrons. The number of hydrogen-bond donors (Lipinski definition) is 0. The Morgan fingerprint density at radius 3 is 2.04 bits per heavy atom. The lowest BCUT2D eigenvalue weighted by Gasteiger charge is -2.10. The molecule has 0 unspecified atom stereocenters. The van der Waals surface area contributed by atoms with Crippen LogP contribution in [0, 0.1) is 6.92 Å². The van der Waals surface area contributed by atoms with E-state index in [-0.39, 0.29) is 5.78 Å². The van der Waals surface area contributed by atoms with Gasteiger partial charge in [0.15, 0.2) is 5.78 Å². The molecule has 0 spiro atoms. The molecule has 0 aliphatic heterocycles. The number of ketones is 1. The molecule has 0 aliphatic carbocycles. The second kappa shape index (κ2) is 7.24. The summed E-state index contributed by atoms with van der Waals surface area (Å²) in [5.41, 5.74) is 5.66. The van der Waals surface area contributed by atoms with E-state index in [1.54, 1.807) is 0 Å². The van der Waals surface area contributed by atoms with Crippen molar-refractivity contribution in [3.8, 4) is 0 Å². The number of fused-ring (bicyclic) bond motifs is 1. The van der Waals surface area contributed by atoms with Gasteiger partial charge in [0.25, 0.3) is 0 Å². The molecule has 0 bridgehead atoms. The Balaban J connectivity index is 1.99. The van der Waals surface area contributed by atoms with Gasteiger partial charge in [-0.3, -0.25) is 4.79 Å². The number of rotatable bonds is 4. The van der Waals surface area contributed by atoms with Crippen LogP contribution in [0.4, 0.5) is 5.69 Å². The van der Waals surface area contributed by atoms with Gasteiger partial charge in [-0.05, 0) is 19.1 Å². The van der Waals surface area contributed by atoms with Crippen LogP contribution < -0.4 is 0 Å². The quantitative estimate of drug-likeness (QED) is 0.365. The largest absolute Gasteiger partial charge is 0.333 e. The summed E-state index contributed by atoms with van der Waals surface area (Å²) < 4.78 is 1.99. The molecular weight excluding hydrogens is 346 g/mol. The molecule has 2 aromatic carbocycles. The van der Waals surface area contributed by atoms with Gasteiger partial charge in [-0.15, -0.1) is 0 Å². The van der Waals surface area contributed by atoms with Crippen LogP contribution in [0.3, 0.4) is 0 Å². The molecule has 0 N–H and O–H groups in total. The van der Waals surface area contributed by atoms with E-state index in [1.165, 1.54) is 6.92 Å². The standard InChI is InChI=1S/C24H21N3O/c1-16-14-20-15-21(22(17(2)28)26-24(20)27(16)3)25-23(18-10-6-4-7-11-18)19-12-8-5-9-13-19/h4-15H,1-3H3. The van der Waals surface area contributed by atoms with Gasteiger partial charge in [0, 0.05) is 36.2 Å². The molecule has 4 rings (SSSR count). The first-order chi connectivity index (χ1) is 13.5. The first-order valence-electron chi connectivity index (χ1n) is 9.22. The lowest BCUT2D eigenvalue weighted by atomic mass is 10.0. The van der Waals surface area contributed by atoms with Crippen molar-refractivity contribution in [3.63, 3.8) is 0 Å². The SMILES string of the molecule is CC(=O)c1nc2c(cc1N=C(c1ccccc1)c1ccccc1)cc(C)n2C. The van der Waals surface area contributed by atoms with Crippen LogP contribution in [0.15, 0.2) is 77.8 Å². The average Bonchev–Trinajstić information content (AvgIpc) is 2.99. The number of Topliss-reactive ketones (excluding diaryl/α,β-unsaturated/α-hetero) is 1. The fraction of sp³-hybridized carbons (Fsp3) is 0.125. The van der Waals surface area contributed by atoms with Crippen molar-refractivity contribution < 1.29 is 4.79 Å². The van der Waals surface area contributed by atoms with Gasteiger partial charge in [-0.25, -0.2) is 9.98 Å². The Morgan fingerprint density at radius 2 is 1.50 bits per heavy atom. The summed E-state index contributed by atoms with van der Waals surface area (Å²) in [6.45, 7) is 3.56. The van der Waals surface area contributed by atoms with Crippen molar-refractivity contribution in [1.82, 2.24) is 9.55 Å². The number of aliphatic imine (C=N–C) groups is 1. The number of benzene rings is 2. The third-order valence-corrected chi connectivity index (χ3v) is 4.88. The second-order valence-electron chi connectivity index (χ2n) is 6.86. The zero-order valence-corrected chi connectivity index (χ0v) is 16.2. The summed E-state index contributed by atoms with van der Waals surface area (Å²) in [7, 11) is 1.96. The molecule has 138 valence electrons. The van der Waals surface area contributed by atoms with Crippen molar-refractivity contribution in [1.29, 1.82) is 0 Å². The lowest BCUT2D eigenvalue weighted by molar-refractivity contribution is 0.101. The smallest absolute Gasteiger partial charge is 0.180 e. The van der Waals surface area contributed by atoms with E-state index in [0.717, 1.165) is 33.6 Å². The fourth-order valence-electron chi connectivity index (χ4n) is 3.32. The normalized spacial score (nSPS) is 10.8. The van der Waals surface area contributed by atoms with E-state index < -0.39 is 0 Å². The van der Waals surface area contributed by atoms with Crippen LogP contribution in [-0.4, -0.2) is 21.0 Å². The zero-order valence-electron chi connectivity index (χ0n) is 16.2. The fourth-order valence-corrected chi connectivity index (χ4v) is 3.32. The van der Waals surface area contributed by atoms with Gasteiger partial charge in [0.1, 0.15) is 11.3 Å². The van der Waals surface area contributed by atoms with Crippen LogP contribution in [0.2, 0.25) is 0 Å². The number of carbonyl (C=O) groups is 1. The van der Waals surface area contributed by atoms with Crippen molar-refractivity contribution in [3.05, 3.63) is 95.3 Å². The molecule has 2 heterocycles. The summed E-state index contributed by atoms with van der Waals surface area (Å²) in [5, 5.41) is 0.976. The molecule has 0 saturated heterocycles. The van der Waals surface area contributed by atoms with Crippen LogP contribution in [0.5, 0.6) is 0 Å². The van der Waals surface area contributed by atoms with Gasteiger partial charge >= 0.3 is 0 Å². The number of nitrogens with zero attached hydrogens (tertiary/aromatic N) is 3. The van der Waals surface area contributed by atoms with Crippen LogP contribution in [0.25, 0.3) is 11.0 Å². The van der Waals surface area contributed by atoms with Crippen molar-refractivity contribution in [2.75, 3.05) is 0 Å². The minimum absolute atomic E-state index is 0.0972. The molecule has 28 heavy (non-hydrogen) atoms. The molecule has 4 nitrogen and oxygen atoms in total. The van der Waals surface area contributed by atoms with Gasteiger partial charge in [0.2, 0.25) is 0 Å². The Labute approximate surface area is 164 Å². The highest BCUT2D eigenvalue weighted by molar-refractivity contribution is 6.15. The van der Waals surface area contributed by atoms with E-state index >= 15 is 0 Å². The maximum absolute atomic E-state index is 12.3. The molecule has 2 aromatic heterocycles. The van der Waals surface area contributed by atoms with Crippen LogP contribution in [0.1, 0.15) is 34.2 Å². The van der Waals surface area contributed by atoms with E-state index in [4.69, 9.17) is 4.99 Å². The summed E-state index contributed by atoms with van der Waals surface area (Å²) in [6, 6.07) is 24.0. The first-order valence-corrected chi connectivity index (χ1v) is 9.22. The zero-order chi connectivity index (χ0) is 19.7. The molecule has 0 atom stereocenters. The first kappa shape index (κ1) is 17.9. The molecule has 0 saturated carbocycles. The van der Waals surface area contributed by atoms with Crippen molar-refractivity contribution in [2.45, 2.75) is 13.8 Å². The van der Waals surface area contributed by atoms with Gasteiger partial charge in [-0.2, -0.15) is 0 Å². The Hall–Kier alpha value is -3.53. The monoisotopic (exact) mass is 367 g/mol. The maximum Gasteiger partial charge on any atom is 0.180 e. The molecule has 0 aliphatic rings. The van der Waals surface area contributed by atoms with E-state index in [9.17, 15) is 4.79 Å². The number of hydrogen-bond acceptors (Lipinski definition) is 3. The molecular formula is C24H21N3O. The summed E-state index contributed by atoms with van der Waals surface area (Å²) in [5.74, 6) is -0.0972. The highest BCUT2D eigenvalue weighted by atomic mass is 16.1. The van der Waals surface area contributed by atoms with Gasteiger partial charge in [0.05, 0.1) is 11.4 Å². The number of pyridine rings is 1. The summed E-state index contributed by atoms with van der Waals surface area (Å²) in [4.78, 5) is 21.9. The Bertz CT molecular complexity index is 1150. The van der Waals surface area contributed by atoms with Crippen molar-refractivity contribution in [2.24, 2.45) is 12.0 Å². The lowest BCUT2D eigenvalue weighted by Crippen LogP contribution is -2.05. The van der Waals surface area contributed by atoms with Crippen LogP contribution >= 0.6 is 0 Å². The molecule has 4 aromatic rings. The Morgan fingerprint density at radius 1 is 0.929 bits per heavy atom. The molecule has 0 fully saturated rings. The highest BCUT2D eigenvalue weighted by Gasteiger charge is 2.16. The second-order valence-corrected chi connectivity index (χ2v) is 6.86. The van der Waals surface area contributed by atoms with Gasteiger partial charge < -0.3 is 4.57 Å². The van der Waals surface area contributed by atoms with Crippen LogP contribution in [-0.2, 0) is 7.05 Å². The third kappa shape index (κ3) is 3.25. The van der Waals surface area contributed by atoms with Crippen molar-refractivity contribution >= 4 is 28.2 Å². The van der Waals surface area contributed by atoms with E-state index in [1.807, 2.05) is 85.3 Å². The number of carbonyl (C=O) groups excluding carboxylic acids is 1. The van der Waals surface area contributed by atoms with Gasteiger partial charge in [-0.1, -0.05) is 60.7 Å². The van der Waals surface area contributed by atoms with E-state index in [2.05, 4.69) is 11.1 Å². The summed E-state index contributed by atoms with van der Waals surface area (Å²) >= 11 is 0. The summed E-state index contributed by atoms with van der Waals surface area (Å²) in [6.07, 6.45) is 0. The minimum atomic E-state index is -0.0972. The Kier molecular flexibility index (Phi) is 4.62. The predicted molar refractivity (Wildman–Crippen MR) is 114 cm³/mol. The highest BCUT2D eigenvalue weighted by Crippen LogP contribution is 2.28. The predicted octanol–water partition coefficient (Wildman–Crippen LogP) is 5.25. The number of aryl methyl sites for hydroxylation is 2. The van der Waals surface area contributed by atoms with E-state index in [0.29, 0.717) is 11.4 Å². The molecule has 0 amide bonds. The molecule has 4 heteroatoms. The third-order valence-electron chi connectivity index (χ3n) is 4.88. The maximum atomic E-state index is 12.3. The number of aromatic nitrogens is 2. The minimum Gasteiger partial charge on any atom is -0.333 e. The average molecular weight is 367 g/mol. The topological polar surface area (TPSA) is 47.2 Å².